The Morgan fingerprint density at radius 2 is 2.00 bits per heavy atom. The molecular formula is C14H11ClFNO3. The molecule has 0 saturated heterocycles. The third-order valence-electron chi connectivity index (χ3n) is 2.73. The smallest absolute Gasteiger partial charge is 0.311 e. The van der Waals surface area contributed by atoms with Crippen molar-refractivity contribution in [2.75, 3.05) is 0 Å². The van der Waals surface area contributed by atoms with Crippen LogP contribution in [0.15, 0.2) is 36.4 Å². The second kappa shape index (κ2) is 5.88. The van der Waals surface area contributed by atoms with Crippen LogP contribution in [0.25, 0.3) is 0 Å². The van der Waals surface area contributed by atoms with Crippen molar-refractivity contribution < 1.29 is 14.1 Å². The van der Waals surface area contributed by atoms with Crippen LogP contribution in [0.2, 0.25) is 0 Å². The Labute approximate surface area is 119 Å². The van der Waals surface area contributed by atoms with Gasteiger partial charge in [-0.05, 0) is 30.2 Å². The first kappa shape index (κ1) is 14.3. The standard InChI is InChI=1S/C14H11ClFNO3/c1-9-6-10(8-15)2-5-13(9)20-14-7-11(16)3-4-12(14)17(18)19/h2-7H,8H2,1H3. The summed E-state index contributed by atoms with van der Waals surface area (Å²) >= 11 is 5.72. The fourth-order valence-corrected chi connectivity index (χ4v) is 1.91. The van der Waals surface area contributed by atoms with Crippen molar-refractivity contribution in [2.24, 2.45) is 0 Å². The lowest BCUT2D eigenvalue weighted by Gasteiger charge is -2.10. The molecule has 0 radical (unpaired) electrons. The highest BCUT2D eigenvalue weighted by molar-refractivity contribution is 6.17. The van der Waals surface area contributed by atoms with E-state index in [9.17, 15) is 14.5 Å². The summed E-state index contributed by atoms with van der Waals surface area (Å²) in [6, 6.07) is 8.31. The number of nitrogens with zero attached hydrogens (tertiary/aromatic N) is 1. The predicted molar refractivity (Wildman–Crippen MR) is 73.9 cm³/mol. The summed E-state index contributed by atoms with van der Waals surface area (Å²) in [5.41, 5.74) is 1.39. The van der Waals surface area contributed by atoms with Gasteiger partial charge in [-0.15, -0.1) is 11.6 Å². The van der Waals surface area contributed by atoms with Gasteiger partial charge in [-0.3, -0.25) is 10.1 Å². The van der Waals surface area contributed by atoms with Crippen molar-refractivity contribution in [3.05, 3.63) is 63.5 Å². The molecule has 2 rings (SSSR count). The molecule has 2 aromatic rings. The van der Waals surface area contributed by atoms with Crippen LogP contribution in [-0.2, 0) is 5.88 Å². The summed E-state index contributed by atoms with van der Waals surface area (Å²) in [5.74, 6) is 0.0613. The van der Waals surface area contributed by atoms with Crippen molar-refractivity contribution >= 4 is 17.3 Å². The fourth-order valence-electron chi connectivity index (χ4n) is 1.75. The van der Waals surface area contributed by atoms with Crippen molar-refractivity contribution in [3.63, 3.8) is 0 Å². The summed E-state index contributed by atoms with van der Waals surface area (Å²) < 4.78 is 18.7. The highest BCUT2D eigenvalue weighted by atomic mass is 35.5. The van der Waals surface area contributed by atoms with Gasteiger partial charge >= 0.3 is 5.69 Å². The zero-order valence-corrected chi connectivity index (χ0v) is 11.4. The molecule has 0 saturated carbocycles. The van der Waals surface area contributed by atoms with E-state index in [-0.39, 0.29) is 11.4 Å². The number of hydrogen-bond donors (Lipinski definition) is 0. The zero-order valence-electron chi connectivity index (χ0n) is 10.6. The average molecular weight is 296 g/mol. The topological polar surface area (TPSA) is 52.4 Å². The van der Waals surface area contributed by atoms with Crippen LogP contribution in [0.4, 0.5) is 10.1 Å². The van der Waals surface area contributed by atoms with Crippen LogP contribution in [0.1, 0.15) is 11.1 Å². The molecule has 0 atom stereocenters. The van der Waals surface area contributed by atoms with E-state index in [4.69, 9.17) is 16.3 Å². The predicted octanol–water partition coefficient (Wildman–Crippen LogP) is 4.57. The highest BCUT2D eigenvalue weighted by Gasteiger charge is 2.17. The number of benzene rings is 2. The van der Waals surface area contributed by atoms with E-state index in [1.165, 1.54) is 0 Å². The van der Waals surface area contributed by atoms with Crippen molar-refractivity contribution in [2.45, 2.75) is 12.8 Å². The molecule has 0 aromatic heterocycles. The zero-order chi connectivity index (χ0) is 14.7. The van der Waals surface area contributed by atoms with Gasteiger partial charge in [0.2, 0.25) is 5.75 Å². The number of aryl methyl sites for hydroxylation is 1. The molecule has 0 amide bonds. The quantitative estimate of drug-likeness (QED) is 0.471. The highest BCUT2D eigenvalue weighted by Crippen LogP contribution is 2.33. The molecular weight excluding hydrogens is 285 g/mol. The maximum atomic E-state index is 13.2. The van der Waals surface area contributed by atoms with Crippen LogP contribution in [0.5, 0.6) is 11.5 Å². The van der Waals surface area contributed by atoms with Crippen LogP contribution < -0.4 is 4.74 Å². The molecule has 0 aliphatic rings. The van der Waals surface area contributed by atoms with Crippen LogP contribution in [0.3, 0.4) is 0 Å². The number of hydrogen-bond acceptors (Lipinski definition) is 3. The molecule has 0 fully saturated rings. The molecule has 0 unspecified atom stereocenters. The van der Waals surface area contributed by atoms with Gasteiger partial charge < -0.3 is 4.74 Å². The first-order valence-electron chi connectivity index (χ1n) is 5.78. The van der Waals surface area contributed by atoms with E-state index >= 15 is 0 Å². The molecule has 0 spiro atoms. The van der Waals surface area contributed by atoms with Gasteiger partial charge in [-0.1, -0.05) is 12.1 Å². The Hall–Kier alpha value is -2.14. The molecule has 4 nitrogen and oxygen atoms in total. The maximum Gasteiger partial charge on any atom is 0.311 e. The van der Waals surface area contributed by atoms with E-state index in [0.717, 1.165) is 29.3 Å². The Morgan fingerprint density at radius 3 is 2.60 bits per heavy atom. The van der Waals surface area contributed by atoms with Gasteiger partial charge in [0.25, 0.3) is 0 Å². The summed E-state index contributed by atoms with van der Waals surface area (Å²) in [6.07, 6.45) is 0. The summed E-state index contributed by atoms with van der Waals surface area (Å²) in [7, 11) is 0. The maximum absolute atomic E-state index is 13.2. The van der Waals surface area contributed by atoms with Gasteiger partial charge in [-0.2, -0.15) is 0 Å². The monoisotopic (exact) mass is 295 g/mol. The molecule has 0 bridgehead atoms. The van der Waals surface area contributed by atoms with E-state index in [1.807, 2.05) is 6.07 Å². The Morgan fingerprint density at radius 1 is 1.25 bits per heavy atom. The second-order valence-electron chi connectivity index (χ2n) is 4.20. The number of halogens is 2. The normalized spacial score (nSPS) is 10.3. The van der Waals surface area contributed by atoms with E-state index in [2.05, 4.69) is 0 Å². The summed E-state index contributed by atoms with van der Waals surface area (Å²) in [5, 5.41) is 10.9. The minimum absolute atomic E-state index is 0.128. The lowest BCUT2D eigenvalue weighted by molar-refractivity contribution is -0.385. The van der Waals surface area contributed by atoms with Crippen LogP contribution in [-0.4, -0.2) is 4.92 Å². The molecule has 0 aliphatic carbocycles. The lowest BCUT2D eigenvalue weighted by atomic mass is 10.1. The molecule has 0 aliphatic heterocycles. The van der Waals surface area contributed by atoms with Gasteiger partial charge in [0.05, 0.1) is 4.92 Å². The lowest BCUT2D eigenvalue weighted by Crippen LogP contribution is -1.95. The van der Waals surface area contributed by atoms with Crippen molar-refractivity contribution in [1.82, 2.24) is 0 Å². The molecule has 0 heterocycles. The summed E-state index contributed by atoms with van der Waals surface area (Å²) in [6.45, 7) is 1.79. The van der Waals surface area contributed by atoms with Crippen molar-refractivity contribution in [3.8, 4) is 11.5 Å². The molecule has 20 heavy (non-hydrogen) atoms. The molecule has 104 valence electrons. The number of rotatable bonds is 4. The van der Waals surface area contributed by atoms with Gasteiger partial charge in [0, 0.05) is 18.0 Å². The third kappa shape index (κ3) is 3.05. The number of ether oxygens (including phenoxy) is 1. The van der Waals surface area contributed by atoms with Gasteiger partial charge in [0.15, 0.2) is 0 Å². The van der Waals surface area contributed by atoms with Crippen molar-refractivity contribution in [1.29, 1.82) is 0 Å². The average Bonchev–Trinajstić information content (AvgIpc) is 2.40. The second-order valence-corrected chi connectivity index (χ2v) is 4.47. The molecule has 2 aromatic carbocycles. The van der Waals surface area contributed by atoms with Crippen LogP contribution >= 0.6 is 11.6 Å². The van der Waals surface area contributed by atoms with E-state index in [1.54, 1.807) is 19.1 Å². The van der Waals surface area contributed by atoms with E-state index in [0.29, 0.717) is 11.6 Å². The molecule has 6 heteroatoms. The number of nitro benzene ring substituents is 1. The van der Waals surface area contributed by atoms with Gasteiger partial charge in [0.1, 0.15) is 11.6 Å². The minimum atomic E-state index is -0.614. The largest absolute Gasteiger partial charge is 0.450 e. The Bertz CT molecular complexity index is 661. The van der Waals surface area contributed by atoms with Gasteiger partial charge in [-0.25, -0.2) is 4.39 Å². The summed E-state index contributed by atoms with van der Waals surface area (Å²) in [4.78, 5) is 10.3. The van der Waals surface area contributed by atoms with E-state index < -0.39 is 10.7 Å². The molecule has 0 N–H and O–H groups in total. The van der Waals surface area contributed by atoms with Crippen LogP contribution in [0, 0.1) is 22.9 Å². The Balaban J connectivity index is 2.39. The first-order chi connectivity index (χ1) is 9.51. The fraction of sp³-hybridized carbons (Fsp3) is 0.143. The number of nitro groups is 1. The first-order valence-corrected chi connectivity index (χ1v) is 6.32. The SMILES string of the molecule is Cc1cc(CCl)ccc1Oc1cc(F)ccc1[N+](=O)[O-]. The Kier molecular flexibility index (Phi) is 4.20. The number of alkyl halides is 1. The minimum Gasteiger partial charge on any atom is -0.450 e. The third-order valence-corrected chi connectivity index (χ3v) is 3.04.